The number of aliphatic hydroxyl groups is 3. The molecule has 12 atom stereocenters. The molecule has 0 aromatic rings. The lowest BCUT2D eigenvalue weighted by Gasteiger charge is -2.60. The quantitative estimate of drug-likeness (QED) is 0.279. The van der Waals surface area contributed by atoms with Crippen LogP contribution in [-0.4, -0.2) is 76.5 Å². The lowest BCUT2D eigenvalue weighted by molar-refractivity contribution is -0.338. The van der Waals surface area contributed by atoms with Crippen LogP contribution < -0.4 is 0 Å². The molecule has 0 bridgehead atoms. The van der Waals surface area contributed by atoms with Gasteiger partial charge in [0.05, 0.1) is 23.2 Å². The lowest BCUT2D eigenvalue weighted by atomic mass is 9.46. The van der Waals surface area contributed by atoms with Crippen molar-refractivity contribution in [2.45, 2.75) is 121 Å². The Morgan fingerprint density at radius 3 is 2.35 bits per heavy atom. The second-order valence-corrected chi connectivity index (χ2v) is 15.1. The minimum absolute atomic E-state index is 0.0610. The molecule has 1 saturated heterocycles. The molecule has 1 aliphatic heterocycles. The number of carbonyl (C=O) groups excluding carboxylic acids is 1. The number of allylic oxidation sites excluding steroid dienone is 1. The van der Waals surface area contributed by atoms with E-state index in [0.717, 1.165) is 31.3 Å². The van der Waals surface area contributed by atoms with Crippen LogP contribution in [0.4, 0.5) is 0 Å². The highest BCUT2D eigenvalue weighted by Crippen LogP contribution is 2.68. The van der Waals surface area contributed by atoms with Gasteiger partial charge in [0.1, 0.15) is 17.0 Å². The lowest BCUT2D eigenvalue weighted by Crippen LogP contribution is -2.67. The normalized spacial score (nSPS) is 51.9. The zero-order valence-electron chi connectivity index (χ0n) is 24.4. The van der Waals surface area contributed by atoms with Crippen LogP contribution in [0.3, 0.4) is 0 Å². The molecule has 11 heteroatoms. The zero-order valence-corrected chi connectivity index (χ0v) is 25.2. The van der Waals surface area contributed by atoms with Crippen molar-refractivity contribution in [2.24, 2.45) is 34.5 Å². The van der Waals surface area contributed by atoms with Crippen molar-refractivity contribution in [3.05, 3.63) is 11.6 Å². The Balaban J connectivity index is 1.40. The van der Waals surface area contributed by atoms with E-state index in [-0.39, 0.29) is 42.3 Å². The summed E-state index contributed by atoms with van der Waals surface area (Å²) in [6.45, 7) is 9.35. The van der Waals surface area contributed by atoms with Crippen LogP contribution in [0.1, 0.15) is 86.0 Å². The molecular formula is C29H46O10S. The van der Waals surface area contributed by atoms with E-state index >= 15 is 0 Å². The van der Waals surface area contributed by atoms with Gasteiger partial charge in [-0.2, -0.15) is 8.42 Å². The second kappa shape index (κ2) is 9.54. The minimum Gasteiger partial charge on any atom is -0.389 e. The third kappa shape index (κ3) is 4.21. The standard InChI is InChI=1S/C29H46O10S/c1-16(22-15-26(3,37-6)28(5,32)24(31)38-22)29(33)12-10-20-19-8-7-17-13-18(39-40(34,35)36)14-23(30)27(17,4)21(19)9-11-25(20,29)2/h7,16,18-22,24,31-33H,8-15H2,1-6H3,(H,34,35,36). The molecule has 12 unspecified atom stereocenters. The summed E-state index contributed by atoms with van der Waals surface area (Å²) in [6, 6.07) is 0. The molecule has 0 radical (unpaired) electrons. The fraction of sp³-hybridized carbons (Fsp3) is 0.897. The van der Waals surface area contributed by atoms with E-state index in [0.29, 0.717) is 12.8 Å². The third-order valence-corrected chi connectivity index (χ3v) is 13.1. The summed E-state index contributed by atoms with van der Waals surface area (Å²) in [5.74, 6) is 0.00762. The van der Waals surface area contributed by atoms with Gasteiger partial charge in [-0.1, -0.05) is 25.5 Å². The van der Waals surface area contributed by atoms with Crippen molar-refractivity contribution in [1.82, 2.24) is 0 Å². The molecule has 5 aliphatic rings. The summed E-state index contributed by atoms with van der Waals surface area (Å²) < 4.78 is 48.2. The van der Waals surface area contributed by atoms with Gasteiger partial charge in [-0.15, -0.1) is 0 Å². The van der Waals surface area contributed by atoms with E-state index in [2.05, 4.69) is 13.0 Å². The van der Waals surface area contributed by atoms with Crippen molar-refractivity contribution in [3.63, 3.8) is 0 Å². The molecule has 0 spiro atoms. The van der Waals surface area contributed by atoms with Gasteiger partial charge < -0.3 is 24.8 Å². The maximum Gasteiger partial charge on any atom is 0.397 e. The molecule has 0 amide bonds. The van der Waals surface area contributed by atoms with E-state index in [4.69, 9.17) is 18.2 Å². The van der Waals surface area contributed by atoms with Gasteiger partial charge in [0.15, 0.2) is 6.29 Å². The van der Waals surface area contributed by atoms with Crippen LogP contribution in [0.2, 0.25) is 0 Å². The van der Waals surface area contributed by atoms with Crippen molar-refractivity contribution in [3.8, 4) is 0 Å². The first kappa shape index (κ1) is 30.5. The number of rotatable bonds is 5. The molecule has 40 heavy (non-hydrogen) atoms. The first-order valence-electron chi connectivity index (χ1n) is 14.6. The van der Waals surface area contributed by atoms with Gasteiger partial charge >= 0.3 is 10.4 Å². The van der Waals surface area contributed by atoms with E-state index in [1.165, 1.54) is 14.0 Å². The van der Waals surface area contributed by atoms with Crippen LogP contribution in [0, 0.1) is 34.5 Å². The molecule has 10 nitrogen and oxygen atoms in total. The number of ether oxygens (including phenoxy) is 2. The van der Waals surface area contributed by atoms with E-state index in [9.17, 15) is 28.5 Å². The SMILES string of the molecule is COC1(C)CC(C(C)C2(O)CCC3C4CC=C5CC(OS(=O)(=O)O)CC(=O)C5(C)C4CCC32C)OC(O)C1(C)O. The monoisotopic (exact) mass is 586 g/mol. The number of hydrogen-bond acceptors (Lipinski definition) is 9. The Hall–Kier alpha value is -0.920. The number of fused-ring (bicyclic) bond motifs is 5. The molecule has 0 aromatic heterocycles. The maximum atomic E-state index is 13.6. The largest absolute Gasteiger partial charge is 0.397 e. The number of hydrogen-bond donors (Lipinski definition) is 4. The van der Waals surface area contributed by atoms with Gasteiger partial charge in [-0.3, -0.25) is 9.35 Å². The Kier molecular flexibility index (Phi) is 7.28. The van der Waals surface area contributed by atoms with Crippen molar-refractivity contribution in [1.29, 1.82) is 0 Å². The first-order chi connectivity index (χ1) is 18.3. The van der Waals surface area contributed by atoms with Gasteiger partial charge in [0, 0.05) is 25.9 Å². The number of carbonyl (C=O) groups is 1. The molecule has 4 aliphatic carbocycles. The highest BCUT2D eigenvalue weighted by atomic mass is 32.3. The highest BCUT2D eigenvalue weighted by molar-refractivity contribution is 7.80. The highest BCUT2D eigenvalue weighted by Gasteiger charge is 2.68. The molecule has 228 valence electrons. The van der Waals surface area contributed by atoms with E-state index in [1.54, 1.807) is 6.92 Å². The molecular weight excluding hydrogens is 540 g/mol. The average molecular weight is 587 g/mol. The molecule has 5 rings (SSSR count). The number of aliphatic hydroxyl groups excluding tert-OH is 1. The number of Topliss-reactive ketones (excluding diaryl/α,β-unsaturated/α-hetero) is 1. The smallest absolute Gasteiger partial charge is 0.389 e. The second-order valence-electron chi connectivity index (χ2n) is 14.0. The number of methoxy groups -OCH3 is 1. The Bertz CT molecular complexity index is 1180. The summed E-state index contributed by atoms with van der Waals surface area (Å²) in [4.78, 5) is 13.6. The van der Waals surface area contributed by atoms with Crippen LogP contribution >= 0.6 is 0 Å². The van der Waals surface area contributed by atoms with Crippen LogP contribution in [0.5, 0.6) is 0 Å². The van der Waals surface area contributed by atoms with Crippen molar-refractivity contribution < 1.29 is 46.7 Å². The summed E-state index contributed by atoms with van der Waals surface area (Å²) in [6.07, 6.45) is 3.28. The van der Waals surface area contributed by atoms with Crippen molar-refractivity contribution >= 4 is 16.2 Å². The van der Waals surface area contributed by atoms with Gasteiger partial charge in [0.25, 0.3) is 0 Å². The predicted octanol–water partition coefficient (Wildman–Crippen LogP) is 2.95. The van der Waals surface area contributed by atoms with Crippen LogP contribution in [0.25, 0.3) is 0 Å². The van der Waals surface area contributed by atoms with Gasteiger partial charge in [-0.05, 0) is 82.5 Å². The molecule has 1 heterocycles. The van der Waals surface area contributed by atoms with E-state index in [1.807, 2.05) is 13.8 Å². The Labute approximate surface area is 237 Å². The number of ketones is 1. The fourth-order valence-electron chi connectivity index (χ4n) is 9.61. The predicted molar refractivity (Wildman–Crippen MR) is 144 cm³/mol. The summed E-state index contributed by atoms with van der Waals surface area (Å²) >= 11 is 0. The average Bonchev–Trinajstić information content (AvgIpc) is 3.13. The maximum absolute atomic E-state index is 13.6. The van der Waals surface area contributed by atoms with Crippen molar-refractivity contribution in [2.75, 3.05) is 7.11 Å². The molecule has 0 aromatic carbocycles. The molecule has 4 N–H and O–H groups in total. The fourth-order valence-corrected chi connectivity index (χ4v) is 10.1. The first-order valence-corrected chi connectivity index (χ1v) is 15.9. The topological polar surface area (TPSA) is 160 Å². The van der Waals surface area contributed by atoms with Crippen LogP contribution in [0.15, 0.2) is 11.6 Å². The molecule has 4 fully saturated rings. The van der Waals surface area contributed by atoms with Gasteiger partial charge in [-0.25, -0.2) is 4.18 Å². The van der Waals surface area contributed by atoms with Crippen LogP contribution in [-0.2, 0) is 28.9 Å². The van der Waals surface area contributed by atoms with Gasteiger partial charge in [0.2, 0.25) is 0 Å². The summed E-state index contributed by atoms with van der Waals surface area (Å²) in [5, 5.41) is 34.1. The summed E-state index contributed by atoms with van der Waals surface area (Å²) in [5.41, 5.74) is -4.03. The third-order valence-electron chi connectivity index (χ3n) is 12.6. The van der Waals surface area contributed by atoms with E-state index < -0.39 is 56.5 Å². The minimum atomic E-state index is -4.65. The zero-order chi connectivity index (χ0) is 29.7. The Morgan fingerprint density at radius 2 is 1.73 bits per heavy atom. The summed E-state index contributed by atoms with van der Waals surface area (Å²) in [7, 11) is -3.15. The molecule has 3 saturated carbocycles. The Morgan fingerprint density at radius 1 is 1.07 bits per heavy atom.